The largest absolute Gasteiger partial charge is 0.481 e. The smallest absolute Gasteiger partial charge is 0.303 e. The van der Waals surface area contributed by atoms with Gasteiger partial charge in [-0.05, 0) is 12.8 Å². The van der Waals surface area contributed by atoms with E-state index in [1.807, 2.05) is 0 Å². The topological polar surface area (TPSA) is 115 Å². The van der Waals surface area contributed by atoms with Crippen molar-refractivity contribution in [2.75, 3.05) is 6.61 Å². The quantitative estimate of drug-likeness (QED) is 0.0602. The molecule has 2 unspecified atom stereocenters. The van der Waals surface area contributed by atoms with E-state index in [-0.39, 0.29) is 12.2 Å². The van der Waals surface area contributed by atoms with Crippen LogP contribution >= 0.6 is 0 Å². The van der Waals surface area contributed by atoms with Crippen molar-refractivity contribution >= 4 is 11.8 Å². The Hall–Kier alpha value is -0.980. The molecule has 6 heteroatoms. The lowest BCUT2D eigenvalue weighted by Crippen LogP contribution is -2.36. The van der Waals surface area contributed by atoms with Crippen LogP contribution in [0.15, 0.2) is 0 Å². The third-order valence-electron chi connectivity index (χ3n) is 7.90. The molecular formula is C35H70O6. The van der Waals surface area contributed by atoms with Gasteiger partial charge < -0.3 is 20.4 Å². The molecule has 6 nitrogen and oxygen atoms in total. The molecule has 0 aromatic carbocycles. The standard InChI is InChI=1S/C19H38O4.C16H32O2/c1-2-3-4-5-6-7-8-9-10-11-12-13-14-15-17(21)19(23)18(22)16-20;1-2-3-4-5-6-7-8-9-10-11-12-13-14-15-16(17)18/h18-20,22-23H,2-16H2,1H3;2-15H2,1H3,(H,17,18). The summed E-state index contributed by atoms with van der Waals surface area (Å²) in [5.74, 6) is -1.02. The van der Waals surface area contributed by atoms with Crippen LogP contribution in [0.1, 0.15) is 194 Å². The predicted octanol–water partition coefficient (Wildman–Crippen LogP) is 9.30. The molecule has 0 aromatic heterocycles. The van der Waals surface area contributed by atoms with E-state index in [2.05, 4.69) is 13.8 Å². The van der Waals surface area contributed by atoms with Crippen molar-refractivity contribution in [3.05, 3.63) is 0 Å². The Balaban J connectivity index is 0. The maximum atomic E-state index is 11.5. The van der Waals surface area contributed by atoms with Crippen LogP contribution in [0.4, 0.5) is 0 Å². The fourth-order valence-corrected chi connectivity index (χ4v) is 5.07. The predicted molar refractivity (Wildman–Crippen MR) is 172 cm³/mol. The number of carboxylic acid groups (broad SMARTS) is 1. The first-order valence-corrected chi connectivity index (χ1v) is 17.6. The van der Waals surface area contributed by atoms with Crippen LogP contribution in [0.5, 0.6) is 0 Å². The normalized spacial score (nSPS) is 12.5. The molecule has 4 N–H and O–H groups in total. The Bertz CT molecular complexity index is 539. The number of carboxylic acids is 1. The van der Waals surface area contributed by atoms with E-state index in [1.54, 1.807) is 0 Å². The summed E-state index contributed by atoms with van der Waals surface area (Å²) in [5, 5.41) is 35.8. The third kappa shape index (κ3) is 35.1. The van der Waals surface area contributed by atoms with Crippen molar-refractivity contribution in [2.24, 2.45) is 0 Å². The van der Waals surface area contributed by atoms with Gasteiger partial charge in [-0.2, -0.15) is 0 Å². The number of rotatable bonds is 31. The number of aliphatic carboxylic acids is 1. The van der Waals surface area contributed by atoms with E-state index in [9.17, 15) is 19.8 Å². The number of aliphatic hydroxyl groups excluding tert-OH is 3. The van der Waals surface area contributed by atoms with Crippen molar-refractivity contribution in [3.63, 3.8) is 0 Å². The SMILES string of the molecule is CCCCCCCCCCCCCCCC(=O)C(O)C(O)CO.CCCCCCCCCCCCCCCC(=O)O. The van der Waals surface area contributed by atoms with E-state index in [0.717, 1.165) is 32.1 Å². The summed E-state index contributed by atoms with van der Waals surface area (Å²) in [6.07, 6.45) is 31.0. The molecule has 0 aliphatic carbocycles. The van der Waals surface area contributed by atoms with Crippen molar-refractivity contribution < 1.29 is 30.0 Å². The van der Waals surface area contributed by atoms with Gasteiger partial charge in [0.25, 0.3) is 0 Å². The first-order valence-electron chi connectivity index (χ1n) is 17.6. The first-order chi connectivity index (χ1) is 19.9. The Morgan fingerprint density at radius 1 is 0.463 bits per heavy atom. The highest BCUT2D eigenvalue weighted by molar-refractivity contribution is 5.83. The Morgan fingerprint density at radius 2 is 0.732 bits per heavy atom. The summed E-state index contributed by atoms with van der Waals surface area (Å²) in [7, 11) is 0. The number of carbonyl (C=O) groups excluding carboxylic acids is 1. The molecule has 246 valence electrons. The third-order valence-corrected chi connectivity index (χ3v) is 7.90. The molecule has 0 spiro atoms. The molecule has 0 amide bonds. The Labute approximate surface area is 254 Å². The number of unbranched alkanes of at least 4 members (excludes halogenated alkanes) is 24. The van der Waals surface area contributed by atoms with Crippen molar-refractivity contribution in [2.45, 2.75) is 206 Å². The van der Waals surface area contributed by atoms with E-state index < -0.39 is 24.8 Å². The lowest BCUT2D eigenvalue weighted by molar-refractivity contribution is -0.137. The fraction of sp³-hybridized carbons (Fsp3) is 0.943. The van der Waals surface area contributed by atoms with Gasteiger partial charge in [-0.1, -0.05) is 168 Å². The molecule has 2 atom stereocenters. The number of carbonyl (C=O) groups is 2. The molecular weight excluding hydrogens is 516 g/mol. The van der Waals surface area contributed by atoms with Crippen LogP contribution in [0, 0.1) is 0 Å². The van der Waals surface area contributed by atoms with Gasteiger partial charge >= 0.3 is 5.97 Å². The van der Waals surface area contributed by atoms with Crippen LogP contribution in [-0.4, -0.2) is 51.0 Å². The van der Waals surface area contributed by atoms with Crippen LogP contribution in [0.2, 0.25) is 0 Å². The highest BCUT2D eigenvalue weighted by Crippen LogP contribution is 2.14. The number of hydrogen-bond donors (Lipinski definition) is 4. The molecule has 0 bridgehead atoms. The highest BCUT2D eigenvalue weighted by atomic mass is 16.4. The summed E-state index contributed by atoms with van der Waals surface area (Å²) < 4.78 is 0. The molecule has 0 aromatic rings. The molecule has 0 saturated carbocycles. The summed E-state index contributed by atoms with van der Waals surface area (Å²) in [4.78, 5) is 21.8. The second kappa shape index (κ2) is 35.2. The minimum Gasteiger partial charge on any atom is -0.481 e. The van der Waals surface area contributed by atoms with Crippen LogP contribution in [0.3, 0.4) is 0 Å². The zero-order chi connectivity index (χ0) is 30.8. The van der Waals surface area contributed by atoms with E-state index in [0.29, 0.717) is 6.42 Å². The maximum Gasteiger partial charge on any atom is 0.303 e. The minimum atomic E-state index is -1.43. The molecule has 0 rings (SSSR count). The maximum absolute atomic E-state index is 11.5. The number of Topliss-reactive ketones (excluding diaryl/α,β-unsaturated/α-hetero) is 1. The van der Waals surface area contributed by atoms with Gasteiger partial charge in [0.05, 0.1) is 6.61 Å². The average Bonchev–Trinajstić information content (AvgIpc) is 2.97. The molecule has 0 fully saturated rings. The molecule has 0 heterocycles. The zero-order valence-electron chi connectivity index (χ0n) is 27.3. The fourth-order valence-electron chi connectivity index (χ4n) is 5.07. The molecule has 0 aliphatic rings. The summed E-state index contributed by atoms with van der Waals surface area (Å²) >= 11 is 0. The summed E-state index contributed by atoms with van der Waals surface area (Å²) in [5.41, 5.74) is 0. The molecule has 0 radical (unpaired) electrons. The van der Waals surface area contributed by atoms with E-state index >= 15 is 0 Å². The average molecular weight is 587 g/mol. The highest BCUT2D eigenvalue weighted by Gasteiger charge is 2.22. The Morgan fingerprint density at radius 3 is 1.00 bits per heavy atom. The molecule has 0 aliphatic heterocycles. The minimum absolute atomic E-state index is 0.288. The van der Waals surface area contributed by atoms with Gasteiger partial charge in [0, 0.05) is 12.8 Å². The van der Waals surface area contributed by atoms with Gasteiger partial charge in [0.15, 0.2) is 5.78 Å². The van der Waals surface area contributed by atoms with Crippen LogP contribution in [0.25, 0.3) is 0 Å². The summed E-state index contributed by atoms with van der Waals surface area (Å²) in [6, 6.07) is 0. The Kier molecular flexibility index (Phi) is 36.2. The molecule has 0 saturated heterocycles. The monoisotopic (exact) mass is 587 g/mol. The molecule has 41 heavy (non-hydrogen) atoms. The van der Waals surface area contributed by atoms with E-state index in [1.165, 1.54) is 135 Å². The first kappa shape index (κ1) is 42.2. The van der Waals surface area contributed by atoms with E-state index in [4.69, 9.17) is 10.2 Å². The van der Waals surface area contributed by atoms with Gasteiger partial charge in [-0.25, -0.2) is 0 Å². The lowest BCUT2D eigenvalue weighted by atomic mass is 10.0. The van der Waals surface area contributed by atoms with Crippen molar-refractivity contribution in [1.29, 1.82) is 0 Å². The van der Waals surface area contributed by atoms with Gasteiger partial charge in [-0.3, -0.25) is 9.59 Å². The lowest BCUT2D eigenvalue weighted by Gasteiger charge is -2.13. The number of hydrogen-bond acceptors (Lipinski definition) is 5. The van der Waals surface area contributed by atoms with Gasteiger partial charge in [0.2, 0.25) is 0 Å². The van der Waals surface area contributed by atoms with Crippen LogP contribution in [-0.2, 0) is 9.59 Å². The summed E-state index contributed by atoms with van der Waals surface area (Å²) in [6.45, 7) is 3.93. The second-order valence-corrected chi connectivity index (χ2v) is 12.0. The van der Waals surface area contributed by atoms with Crippen molar-refractivity contribution in [3.8, 4) is 0 Å². The zero-order valence-corrected chi connectivity index (χ0v) is 27.3. The second-order valence-electron chi connectivity index (χ2n) is 12.0. The number of aliphatic hydroxyl groups is 3. The van der Waals surface area contributed by atoms with Crippen LogP contribution < -0.4 is 0 Å². The van der Waals surface area contributed by atoms with Crippen molar-refractivity contribution in [1.82, 2.24) is 0 Å². The van der Waals surface area contributed by atoms with Gasteiger partial charge in [-0.15, -0.1) is 0 Å². The number of ketones is 1. The van der Waals surface area contributed by atoms with Gasteiger partial charge in [0.1, 0.15) is 12.2 Å².